The van der Waals surface area contributed by atoms with E-state index in [4.69, 9.17) is 28.4 Å². The van der Waals surface area contributed by atoms with Gasteiger partial charge in [0.15, 0.2) is 6.10 Å². The van der Waals surface area contributed by atoms with Gasteiger partial charge in [-0.15, -0.1) is 0 Å². The molecule has 18 nitrogen and oxygen atoms in total. The van der Waals surface area contributed by atoms with Crippen LogP contribution < -0.4 is 9.47 Å². The van der Waals surface area contributed by atoms with Gasteiger partial charge in [-0.05, 0) is 48.4 Å². The van der Waals surface area contributed by atoms with Crippen LogP contribution in [-0.2, 0) is 30.3 Å². The molecule has 0 bridgehead atoms. The first kappa shape index (κ1) is 41.3. The molecule has 12 unspecified atom stereocenters. The van der Waals surface area contributed by atoms with Gasteiger partial charge in [-0.1, -0.05) is 31.9 Å². The molecule has 2 fully saturated rings. The average Bonchev–Trinajstić information content (AvgIpc) is 3.16. The van der Waals surface area contributed by atoms with Crippen LogP contribution in [0.2, 0.25) is 0 Å². The second kappa shape index (κ2) is 18.5. The standard InChI is InChI=1S/C34H46O18/c1-2-3-12-34(46,16-48-30(44)18-6-10-20(11-7-18)50-33-28(42)26(40)24(38)22(14-36)52-33)29(43)31(45)47-15-17-4-8-19(9-5-17)49-32-27(41)25(39)23(37)21(13-35)51-32/h4-11,21-29,32-33,35-43,46H,2-3,12-16H2,1H3. The summed E-state index contributed by atoms with van der Waals surface area (Å²) in [5, 5.41) is 101. The molecule has 2 aliphatic heterocycles. The van der Waals surface area contributed by atoms with Gasteiger partial charge in [0.05, 0.1) is 18.8 Å². The largest absolute Gasteiger partial charge is 0.462 e. The Bertz CT molecular complexity index is 1420. The monoisotopic (exact) mass is 742 g/mol. The van der Waals surface area contributed by atoms with Crippen LogP contribution in [0.5, 0.6) is 11.5 Å². The van der Waals surface area contributed by atoms with Crippen LogP contribution in [0.4, 0.5) is 0 Å². The van der Waals surface area contributed by atoms with E-state index in [-0.39, 0.29) is 30.1 Å². The minimum Gasteiger partial charge on any atom is -0.462 e. The lowest BCUT2D eigenvalue weighted by Gasteiger charge is -2.39. The lowest BCUT2D eigenvalue weighted by molar-refractivity contribution is -0.277. The molecule has 0 spiro atoms. The van der Waals surface area contributed by atoms with Crippen molar-refractivity contribution in [1.82, 2.24) is 0 Å². The van der Waals surface area contributed by atoms with Crippen molar-refractivity contribution in [3.8, 4) is 11.5 Å². The van der Waals surface area contributed by atoms with Crippen molar-refractivity contribution in [3.05, 3.63) is 59.7 Å². The maximum Gasteiger partial charge on any atom is 0.338 e. The van der Waals surface area contributed by atoms with Crippen molar-refractivity contribution in [3.63, 3.8) is 0 Å². The predicted molar refractivity (Wildman–Crippen MR) is 172 cm³/mol. The number of rotatable bonds is 16. The summed E-state index contributed by atoms with van der Waals surface area (Å²) in [4.78, 5) is 25.7. The lowest BCUT2D eigenvalue weighted by atomic mass is 9.91. The number of aliphatic hydroxyl groups excluding tert-OH is 9. The second-order valence-electron chi connectivity index (χ2n) is 12.6. The van der Waals surface area contributed by atoms with Gasteiger partial charge in [-0.25, -0.2) is 9.59 Å². The van der Waals surface area contributed by atoms with Gasteiger partial charge in [0.2, 0.25) is 12.6 Å². The second-order valence-corrected chi connectivity index (χ2v) is 12.6. The van der Waals surface area contributed by atoms with E-state index in [0.717, 1.165) is 0 Å². The van der Waals surface area contributed by atoms with E-state index in [2.05, 4.69) is 0 Å². The van der Waals surface area contributed by atoms with Crippen molar-refractivity contribution in [1.29, 1.82) is 0 Å². The molecule has 2 aliphatic rings. The van der Waals surface area contributed by atoms with E-state index in [9.17, 15) is 60.7 Å². The smallest absolute Gasteiger partial charge is 0.338 e. The van der Waals surface area contributed by atoms with E-state index >= 15 is 0 Å². The molecule has 2 heterocycles. The van der Waals surface area contributed by atoms with Crippen LogP contribution in [-0.4, -0.2) is 156 Å². The third-order valence-electron chi connectivity index (χ3n) is 8.74. The van der Waals surface area contributed by atoms with E-state index in [1.165, 1.54) is 48.5 Å². The highest BCUT2D eigenvalue weighted by molar-refractivity contribution is 5.89. The molecule has 290 valence electrons. The fraction of sp³-hybridized carbons (Fsp3) is 0.588. The minimum atomic E-state index is -2.21. The summed E-state index contributed by atoms with van der Waals surface area (Å²) in [5.41, 5.74) is -1.78. The van der Waals surface area contributed by atoms with Crippen LogP contribution in [0.1, 0.15) is 42.1 Å². The summed E-state index contributed by atoms with van der Waals surface area (Å²) < 4.78 is 32.1. The van der Waals surface area contributed by atoms with Gasteiger partial charge >= 0.3 is 11.9 Å². The molecule has 2 aromatic carbocycles. The first-order valence-electron chi connectivity index (χ1n) is 16.6. The number of ether oxygens (including phenoxy) is 6. The van der Waals surface area contributed by atoms with Crippen LogP contribution >= 0.6 is 0 Å². The lowest BCUT2D eigenvalue weighted by Crippen LogP contribution is -2.60. The zero-order chi connectivity index (χ0) is 38.2. The molecular formula is C34H46O18. The molecule has 10 N–H and O–H groups in total. The van der Waals surface area contributed by atoms with Crippen molar-refractivity contribution in [2.24, 2.45) is 0 Å². The van der Waals surface area contributed by atoms with Crippen molar-refractivity contribution >= 4 is 11.9 Å². The number of carbonyl (C=O) groups is 2. The summed E-state index contributed by atoms with van der Waals surface area (Å²) in [7, 11) is 0. The summed E-state index contributed by atoms with van der Waals surface area (Å²) in [5.74, 6) is -1.84. The third-order valence-corrected chi connectivity index (χ3v) is 8.74. The van der Waals surface area contributed by atoms with Crippen LogP contribution in [0.3, 0.4) is 0 Å². The number of esters is 2. The molecule has 52 heavy (non-hydrogen) atoms. The maximum atomic E-state index is 12.8. The summed E-state index contributed by atoms with van der Waals surface area (Å²) in [6, 6.07) is 11.1. The fourth-order valence-electron chi connectivity index (χ4n) is 5.43. The number of aliphatic hydroxyl groups is 10. The van der Waals surface area contributed by atoms with Gasteiger partial charge in [0, 0.05) is 0 Å². The van der Waals surface area contributed by atoms with Crippen LogP contribution in [0.15, 0.2) is 48.5 Å². The van der Waals surface area contributed by atoms with Crippen molar-refractivity contribution in [2.75, 3.05) is 19.8 Å². The maximum absolute atomic E-state index is 12.8. The number of unbranched alkanes of at least 4 members (excludes halogenated alkanes) is 1. The first-order valence-corrected chi connectivity index (χ1v) is 16.6. The quantitative estimate of drug-likeness (QED) is 0.0779. The average molecular weight is 743 g/mol. The highest BCUT2D eigenvalue weighted by Gasteiger charge is 2.46. The summed E-state index contributed by atoms with van der Waals surface area (Å²) in [6.07, 6.45) is -16.1. The molecular weight excluding hydrogens is 696 g/mol. The van der Waals surface area contributed by atoms with Gasteiger partial charge < -0.3 is 79.5 Å². The van der Waals surface area contributed by atoms with E-state index in [1.54, 1.807) is 0 Å². The first-order chi connectivity index (χ1) is 24.7. The highest BCUT2D eigenvalue weighted by atomic mass is 16.7. The summed E-state index contributed by atoms with van der Waals surface area (Å²) in [6.45, 7) is -0.557. The van der Waals surface area contributed by atoms with Crippen molar-refractivity contribution in [2.45, 2.75) is 106 Å². The number of carbonyl (C=O) groups excluding carboxylic acids is 2. The Morgan fingerprint density at radius 3 is 1.67 bits per heavy atom. The third kappa shape index (κ3) is 9.92. The molecule has 0 radical (unpaired) electrons. The molecule has 18 heteroatoms. The van der Waals surface area contributed by atoms with Gasteiger partial charge in [0.1, 0.15) is 79.1 Å². The Morgan fingerprint density at radius 2 is 1.21 bits per heavy atom. The van der Waals surface area contributed by atoms with Crippen LogP contribution in [0, 0.1) is 0 Å². The summed E-state index contributed by atoms with van der Waals surface area (Å²) >= 11 is 0. The topological polar surface area (TPSA) is 292 Å². The normalized spacial score (nSPS) is 30.8. The zero-order valence-corrected chi connectivity index (χ0v) is 28.2. The van der Waals surface area contributed by atoms with E-state index in [0.29, 0.717) is 18.4 Å². The Balaban J connectivity index is 1.30. The molecule has 0 amide bonds. The highest BCUT2D eigenvalue weighted by Crippen LogP contribution is 2.27. The molecule has 12 atom stereocenters. The number of hydrogen-bond acceptors (Lipinski definition) is 18. The van der Waals surface area contributed by atoms with Crippen LogP contribution in [0.25, 0.3) is 0 Å². The Hall–Kier alpha value is -3.50. The number of hydrogen-bond donors (Lipinski definition) is 10. The van der Waals surface area contributed by atoms with E-state index in [1.807, 2.05) is 6.92 Å². The minimum absolute atomic E-state index is 0.00460. The van der Waals surface area contributed by atoms with E-state index < -0.39 is 105 Å². The zero-order valence-electron chi connectivity index (χ0n) is 28.2. The van der Waals surface area contributed by atoms with Gasteiger partial charge in [-0.2, -0.15) is 0 Å². The molecule has 0 saturated carbocycles. The molecule has 0 aromatic heterocycles. The van der Waals surface area contributed by atoms with Crippen molar-refractivity contribution < 1.29 is 89.1 Å². The Labute approximate surface area is 297 Å². The fourth-order valence-corrected chi connectivity index (χ4v) is 5.43. The predicted octanol–water partition coefficient (Wildman–Crippen LogP) is -2.77. The molecule has 2 aromatic rings. The molecule has 4 rings (SSSR count). The molecule has 2 saturated heterocycles. The number of benzene rings is 2. The molecule has 0 aliphatic carbocycles. The van der Waals surface area contributed by atoms with Gasteiger partial charge in [-0.3, -0.25) is 0 Å². The Morgan fingerprint density at radius 1 is 0.731 bits per heavy atom. The van der Waals surface area contributed by atoms with Gasteiger partial charge in [0.25, 0.3) is 0 Å². The Kier molecular flexibility index (Phi) is 14.7. The SMILES string of the molecule is CCCCC(O)(COC(=O)c1ccc(OC2OC(CO)C(O)C(O)C2O)cc1)C(O)C(=O)OCc1ccc(OC2OC(CO)C(O)C(O)C2O)cc1.